The minimum atomic E-state index is -0.00984. The predicted octanol–water partition coefficient (Wildman–Crippen LogP) is 5.11. The molecule has 0 aliphatic heterocycles. The Kier molecular flexibility index (Phi) is 4.55. The van der Waals surface area contributed by atoms with Crippen LogP contribution in [0.3, 0.4) is 0 Å². The van der Waals surface area contributed by atoms with Crippen molar-refractivity contribution in [1.82, 2.24) is 5.32 Å². The average molecular weight is 355 g/mol. The molecule has 1 unspecified atom stereocenters. The summed E-state index contributed by atoms with van der Waals surface area (Å²) in [5.74, 6) is 0. The van der Waals surface area contributed by atoms with Crippen molar-refractivity contribution < 1.29 is 4.42 Å². The lowest BCUT2D eigenvalue weighted by molar-refractivity contribution is 0.527. The van der Waals surface area contributed by atoms with E-state index in [1.807, 2.05) is 19.1 Å². The molecule has 0 radical (unpaired) electrons. The van der Waals surface area contributed by atoms with Crippen molar-refractivity contribution in [3.05, 3.63) is 42.9 Å². The number of hydrogen-bond acceptors (Lipinski definition) is 3. The summed E-state index contributed by atoms with van der Waals surface area (Å²) in [6, 6.07) is 3.80. The normalized spacial score (nSPS) is 12.9. The first-order valence-corrected chi connectivity index (χ1v) is 7.41. The highest BCUT2D eigenvalue weighted by atomic mass is 79.9. The summed E-state index contributed by atoms with van der Waals surface area (Å²) >= 11 is 16.9. The third kappa shape index (κ3) is 2.88. The summed E-state index contributed by atoms with van der Waals surface area (Å²) in [5, 5.41) is 3.37. The van der Waals surface area contributed by atoms with Gasteiger partial charge in [0.15, 0.2) is 4.67 Å². The predicted molar refractivity (Wildman–Crippen MR) is 76.3 cm³/mol. The molecule has 2 aromatic rings. The number of furan rings is 1. The van der Waals surface area contributed by atoms with Gasteiger partial charge in [-0.2, -0.15) is 0 Å². The zero-order valence-corrected chi connectivity index (χ0v) is 12.9. The zero-order chi connectivity index (χ0) is 12.4. The Balaban J connectivity index is 2.42. The highest BCUT2D eigenvalue weighted by Gasteiger charge is 2.22. The molecule has 0 amide bonds. The van der Waals surface area contributed by atoms with E-state index in [9.17, 15) is 0 Å². The van der Waals surface area contributed by atoms with Crippen LogP contribution in [0.15, 0.2) is 27.5 Å². The maximum Gasteiger partial charge on any atom is 0.174 e. The number of thiophene rings is 1. The summed E-state index contributed by atoms with van der Waals surface area (Å²) < 4.78 is 7.36. The van der Waals surface area contributed by atoms with Gasteiger partial charge in [0, 0.05) is 11.1 Å². The van der Waals surface area contributed by atoms with Crippen molar-refractivity contribution in [2.24, 2.45) is 0 Å². The topological polar surface area (TPSA) is 25.2 Å². The van der Waals surface area contributed by atoms with Gasteiger partial charge in [0.05, 0.1) is 21.0 Å². The van der Waals surface area contributed by atoms with Crippen LogP contribution in [-0.2, 0) is 0 Å². The van der Waals surface area contributed by atoms with E-state index >= 15 is 0 Å². The molecule has 0 saturated carbocycles. The maximum absolute atomic E-state index is 6.19. The summed E-state index contributed by atoms with van der Waals surface area (Å²) in [5.41, 5.74) is 1.99. The van der Waals surface area contributed by atoms with Crippen molar-refractivity contribution in [2.45, 2.75) is 13.0 Å². The summed E-state index contributed by atoms with van der Waals surface area (Å²) in [7, 11) is 0. The lowest BCUT2D eigenvalue weighted by atomic mass is 10.0. The first kappa shape index (κ1) is 13.4. The summed E-state index contributed by atoms with van der Waals surface area (Å²) in [4.78, 5) is 0. The molecule has 0 aliphatic rings. The Labute approximate surface area is 122 Å². The first-order chi connectivity index (χ1) is 8.13. The fourth-order valence-corrected chi connectivity index (χ4v) is 3.65. The molecule has 2 rings (SSSR count). The third-order valence-corrected chi connectivity index (χ3v) is 4.52. The smallest absolute Gasteiger partial charge is 0.174 e. The van der Waals surface area contributed by atoms with E-state index in [1.165, 1.54) is 11.3 Å². The van der Waals surface area contributed by atoms with Gasteiger partial charge in [-0.25, -0.2) is 0 Å². The molecule has 0 saturated heterocycles. The SMILES string of the molecule is CCNC(c1ccoc1Br)c1cc(Cl)sc1Cl. The minimum Gasteiger partial charge on any atom is -0.457 e. The van der Waals surface area contributed by atoms with Crippen LogP contribution in [0.1, 0.15) is 24.1 Å². The quantitative estimate of drug-likeness (QED) is 0.825. The second-order valence-electron chi connectivity index (χ2n) is 3.42. The van der Waals surface area contributed by atoms with Gasteiger partial charge in [0.2, 0.25) is 0 Å². The molecule has 1 atom stereocenters. The first-order valence-electron chi connectivity index (χ1n) is 5.04. The molecule has 0 spiro atoms. The molecule has 92 valence electrons. The van der Waals surface area contributed by atoms with Gasteiger partial charge >= 0.3 is 0 Å². The number of halogens is 3. The van der Waals surface area contributed by atoms with Crippen LogP contribution in [0.4, 0.5) is 0 Å². The third-order valence-electron chi connectivity index (χ3n) is 2.36. The number of nitrogens with one attached hydrogen (secondary N) is 1. The van der Waals surface area contributed by atoms with E-state index in [1.54, 1.807) is 6.26 Å². The van der Waals surface area contributed by atoms with Crippen LogP contribution in [0.2, 0.25) is 8.67 Å². The van der Waals surface area contributed by atoms with Gasteiger partial charge in [0.1, 0.15) is 0 Å². The largest absolute Gasteiger partial charge is 0.457 e. The molecule has 0 bridgehead atoms. The molecule has 0 aromatic carbocycles. The average Bonchev–Trinajstić information content (AvgIpc) is 2.82. The van der Waals surface area contributed by atoms with Crippen molar-refractivity contribution in [3.63, 3.8) is 0 Å². The Bertz CT molecular complexity index is 511. The Morgan fingerprint density at radius 2 is 2.24 bits per heavy atom. The standard InChI is InChI=1S/C11H10BrCl2NOS/c1-2-15-9(6-3-4-16-10(6)12)7-5-8(13)17-11(7)14/h3-5,9,15H,2H2,1H3. The van der Waals surface area contributed by atoms with Crippen LogP contribution in [0.5, 0.6) is 0 Å². The highest BCUT2D eigenvalue weighted by molar-refractivity contribution is 9.10. The molecule has 1 N–H and O–H groups in total. The van der Waals surface area contributed by atoms with E-state index in [0.29, 0.717) is 13.3 Å². The van der Waals surface area contributed by atoms with E-state index < -0.39 is 0 Å². The summed E-state index contributed by atoms with van der Waals surface area (Å²) in [6.45, 7) is 2.87. The van der Waals surface area contributed by atoms with Crippen molar-refractivity contribution in [1.29, 1.82) is 0 Å². The monoisotopic (exact) mass is 353 g/mol. The fourth-order valence-electron chi connectivity index (χ4n) is 1.65. The van der Waals surface area contributed by atoms with Crippen LogP contribution in [0.25, 0.3) is 0 Å². The molecular weight excluding hydrogens is 345 g/mol. The van der Waals surface area contributed by atoms with E-state index in [0.717, 1.165) is 17.7 Å². The lowest BCUT2D eigenvalue weighted by Gasteiger charge is -2.16. The maximum atomic E-state index is 6.19. The highest BCUT2D eigenvalue weighted by Crippen LogP contribution is 2.39. The van der Waals surface area contributed by atoms with Crippen LogP contribution >= 0.6 is 50.5 Å². The van der Waals surface area contributed by atoms with Crippen LogP contribution in [0, 0.1) is 0 Å². The van der Waals surface area contributed by atoms with E-state index in [2.05, 4.69) is 21.2 Å². The van der Waals surface area contributed by atoms with Gasteiger partial charge in [0.25, 0.3) is 0 Å². The molecule has 2 aromatic heterocycles. The molecule has 0 aliphatic carbocycles. The minimum absolute atomic E-state index is 0.00984. The van der Waals surface area contributed by atoms with Gasteiger partial charge in [-0.05, 0) is 34.6 Å². The van der Waals surface area contributed by atoms with Gasteiger partial charge in [-0.1, -0.05) is 30.1 Å². The van der Waals surface area contributed by atoms with Crippen molar-refractivity contribution in [3.8, 4) is 0 Å². The molecule has 2 heterocycles. The summed E-state index contributed by atoms with van der Waals surface area (Å²) in [6.07, 6.45) is 1.64. The van der Waals surface area contributed by atoms with Crippen LogP contribution in [-0.4, -0.2) is 6.54 Å². The molecule has 17 heavy (non-hydrogen) atoms. The number of hydrogen-bond donors (Lipinski definition) is 1. The van der Waals surface area contributed by atoms with E-state index in [4.69, 9.17) is 27.6 Å². The van der Waals surface area contributed by atoms with Gasteiger partial charge in [-0.15, -0.1) is 11.3 Å². The Hall–Kier alpha value is -0.000000000000000167. The van der Waals surface area contributed by atoms with Crippen molar-refractivity contribution >= 4 is 50.5 Å². The second kappa shape index (κ2) is 5.76. The molecule has 2 nitrogen and oxygen atoms in total. The van der Waals surface area contributed by atoms with Gasteiger partial charge < -0.3 is 9.73 Å². The lowest BCUT2D eigenvalue weighted by Crippen LogP contribution is -2.21. The van der Waals surface area contributed by atoms with Gasteiger partial charge in [-0.3, -0.25) is 0 Å². The van der Waals surface area contributed by atoms with Crippen molar-refractivity contribution in [2.75, 3.05) is 6.54 Å². The number of rotatable bonds is 4. The van der Waals surface area contributed by atoms with Crippen LogP contribution < -0.4 is 5.32 Å². The second-order valence-corrected chi connectivity index (χ2v) is 6.43. The Morgan fingerprint density at radius 3 is 2.71 bits per heavy atom. The molecule has 0 fully saturated rings. The zero-order valence-electron chi connectivity index (χ0n) is 8.97. The fraction of sp³-hybridized carbons (Fsp3) is 0.273. The molecular formula is C11H10BrCl2NOS. The molecule has 6 heteroatoms. The Morgan fingerprint density at radius 1 is 1.47 bits per heavy atom. The van der Waals surface area contributed by atoms with E-state index in [-0.39, 0.29) is 6.04 Å².